The van der Waals surface area contributed by atoms with E-state index < -0.39 is 6.04 Å². The van der Waals surface area contributed by atoms with Gasteiger partial charge in [0.1, 0.15) is 6.04 Å². The lowest BCUT2D eigenvalue weighted by atomic mass is 9.99. The molecule has 0 radical (unpaired) electrons. The van der Waals surface area contributed by atoms with Gasteiger partial charge < -0.3 is 14.8 Å². The Morgan fingerprint density at radius 1 is 1.07 bits per heavy atom. The zero-order valence-corrected chi connectivity index (χ0v) is 16.5. The monoisotopic (exact) mass is 387 g/mol. The SMILES string of the molecule is CC(C)C(NC(=O)c1ccc(Cl)cc1)C(=O)N1CCC(n2cccc2)CC1. The lowest BCUT2D eigenvalue weighted by Crippen LogP contribution is -2.53. The van der Waals surface area contributed by atoms with Crippen molar-refractivity contribution >= 4 is 23.4 Å². The van der Waals surface area contributed by atoms with Gasteiger partial charge in [-0.25, -0.2) is 0 Å². The third kappa shape index (κ3) is 4.72. The first-order valence-electron chi connectivity index (χ1n) is 9.43. The molecule has 1 aromatic heterocycles. The van der Waals surface area contributed by atoms with E-state index in [1.165, 1.54) is 0 Å². The third-order valence-electron chi connectivity index (χ3n) is 5.15. The Bertz CT molecular complexity index is 763. The van der Waals surface area contributed by atoms with Gasteiger partial charge >= 0.3 is 0 Å². The van der Waals surface area contributed by atoms with Crippen molar-refractivity contribution in [3.05, 3.63) is 59.4 Å². The third-order valence-corrected chi connectivity index (χ3v) is 5.40. The molecule has 5 nitrogen and oxygen atoms in total. The molecule has 2 amide bonds. The maximum absolute atomic E-state index is 13.0. The minimum atomic E-state index is -0.531. The molecule has 2 heterocycles. The van der Waals surface area contributed by atoms with Crippen LogP contribution in [0.1, 0.15) is 43.1 Å². The molecule has 0 saturated carbocycles. The molecule has 1 N–H and O–H groups in total. The van der Waals surface area contributed by atoms with Crippen LogP contribution in [0.4, 0.5) is 0 Å². The summed E-state index contributed by atoms with van der Waals surface area (Å²) in [5, 5.41) is 3.49. The Hall–Kier alpha value is -2.27. The lowest BCUT2D eigenvalue weighted by molar-refractivity contribution is -0.135. The quantitative estimate of drug-likeness (QED) is 0.849. The van der Waals surface area contributed by atoms with Gasteiger partial charge in [-0.3, -0.25) is 9.59 Å². The van der Waals surface area contributed by atoms with Crippen molar-refractivity contribution in [1.82, 2.24) is 14.8 Å². The van der Waals surface area contributed by atoms with Crippen LogP contribution in [0.5, 0.6) is 0 Å². The molecule has 6 heteroatoms. The number of halogens is 1. The number of likely N-dealkylation sites (tertiary alicyclic amines) is 1. The van der Waals surface area contributed by atoms with Gasteiger partial charge in [0, 0.05) is 42.1 Å². The van der Waals surface area contributed by atoms with E-state index in [1.54, 1.807) is 24.3 Å². The second-order valence-electron chi connectivity index (χ2n) is 7.39. The fourth-order valence-electron chi connectivity index (χ4n) is 3.51. The van der Waals surface area contributed by atoms with Crippen LogP contribution in [-0.2, 0) is 4.79 Å². The minimum Gasteiger partial charge on any atom is -0.351 e. The predicted molar refractivity (Wildman–Crippen MR) is 107 cm³/mol. The molecule has 144 valence electrons. The van der Waals surface area contributed by atoms with E-state index in [1.807, 2.05) is 30.9 Å². The lowest BCUT2D eigenvalue weighted by Gasteiger charge is -2.36. The van der Waals surface area contributed by atoms with Gasteiger partial charge in [0.15, 0.2) is 0 Å². The van der Waals surface area contributed by atoms with Crippen molar-refractivity contribution in [2.45, 2.75) is 38.8 Å². The number of piperidine rings is 1. The molecular weight excluding hydrogens is 362 g/mol. The van der Waals surface area contributed by atoms with Crippen molar-refractivity contribution in [3.63, 3.8) is 0 Å². The van der Waals surface area contributed by atoms with Crippen molar-refractivity contribution in [3.8, 4) is 0 Å². The van der Waals surface area contributed by atoms with E-state index in [-0.39, 0.29) is 17.7 Å². The zero-order valence-electron chi connectivity index (χ0n) is 15.8. The van der Waals surface area contributed by atoms with Gasteiger partial charge in [-0.15, -0.1) is 0 Å². The number of hydrogen-bond acceptors (Lipinski definition) is 2. The van der Waals surface area contributed by atoms with Crippen LogP contribution in [0.3, 0.4) is 0 Å². The molecule has 1 aromatic carbocycles. The number of nitrogens with one attached hydrogen (secondary N) is 1. The molecule has 1 aliphatic rings. The molecule has 1 aliphatic heterocycles. The largest absolute Gasteiger partial charge is 0.351 e. The molecule has 0 aliphatic carbocycles. The summed E-state index contributed by atoms with van der Waals surface area (Å²) in [4.78, 5) is 27.5. The van der Waals surface area contributed by atoms with Crippen LogP contribution in [0.25, 0.3) is 0 Å². The normalized spacial score (nSPS) is 16.4. The summed E-state index contributed by atoms with van der Waals surface area (Å²) in [5.41, 5.74) is 0.504. The highest BCUT2D eigenvalue weighted by molar-refractivity contribution is 6.30. The van der Waals surface area contributed by atoms with E-state index in [9.17, 15) is 9.59 Å². The molecule has 1 fully saturated rings. The van der Waals surface area contributed by atoms with Crippen molar-refractivity contribution < 1.29 is 9.59 Å². The van der Waals surface area contributed by atoms with Gasteiger partial charge in [0.05, 0.1) is 0 Å². The molecule has 1 unspecified atom stereocenters. The number of nitrogens with zero attached hydrogens (tertiary/aromatic N) is 2. The van der Waals surface area contributed by atoms with Crippen molar-refractivity contribution in [1.29, 1.82) is 0 Å². The van der Waals surface area contributed by atoms with Crippen LogP contribution >= 0.6 is 11.6 Å². The molecule has 2 aromatic rings. The minimum absolute atomic E-state index is 0.00160. The number of carbonyl (C=O) groups excluding carboxylic acids is 2. The number of rotatable bonds is 5. The molecule has 1 saturated heterocycles. The molecule has 3 rings (SSSR count). The summed E-state index contributed by atoms with van der Waals surface area (Å²) in [5.74, 6) is -0.241. The van der Waals surface area contributed by atoms with E-state index >= 15 is 0 Å². The van der Waals surface area contributed by atoms with Crippen LogP contribution in [-0.4, -0.2) is 40.4 Å². The van der Waals surface area contributed by atoms with Crippen LogP contribution in [0, 0.1) is 5.92 Å². The van der Waals surface area contributed by atoms with Crippen LogP contribution in [0.15, 0.2) is 48.8 Å². The Kier molecular flexibility index (Phi) is 6.22. The summed E-state index contributed by atoms with van der Waals surface area (Å²) < 4.78 is 2.21. The summed E-state index contributed by atoms with van der Waals surface area (Å²) >= 11 is 5.88. The summed E-state index contributed by atoms with van der Waals surface area (Å²) in [7, 11) is 0. The second kappa shape index (κ2) is 8.61. The fraction of sp³-hybridized carbons (Fsp3) is 0.429. The van der Waals surface area contributed by atoms with Crippen LogP contribution in [0.2, 0.25) is 5.02 Å². The summed E-state index contributed by atoms with van der Waals surface area (Å²) in [6, 6.07) is 10.6. The summed E-state index contributed by atoms with van der Waals surface area (Å²) in [6.45, 7) is 5.33. The molecular formula is C21H26ClN3O2. The van der Waals surface area contributed by atoms with E-state index in [4.69, 9.17) is 11.6 Å². The molecule has 0 spiro atoms. The Labute approximate surface area is 165 Å². The maximum Gasteiger partial charge on any atom is 0.251 e. The first kappa shape index (κ1) is 19.5. The smallest absolute Gasteiger partial charge is 0.251 e. The van der Waals surface area contributed by atoms with Gasteiger partial charge in [0.25, 0.3) is 5.91 Å². The first-order valence-corrected chi connectivity index (χ1v) is 9.81. The fourth-order valence-corrected chi connectivity index (χ4v) is 3.64. The van der Waals surface area contributed by atoms with Crippen LogP contribution < -0.4 is 5.32 Å². The van der Waals surface area contributed by atoms with Crippen molar-refractivity contribution in [2.75, 3.05) is 13.1 Å². The van der Waals surface area contributed by atoms with Gasteiger partial charge in [-0.05, 0) is 55.2 Å². The van der Waals surface area contributed by atoms with Gasteiger partial charge in [-0.2, -0.15) is 0 Å². The Morgan fingerprint density at radius 2 is 1.67 bits per heavy atom. The molecule has 27 heavy (non-hydrogen) atoms. The average Bonchev–Trinajstić information content (AvgIpc) is 3.20. The average molecular weight is 388 g/mol. The number of aromatic nitrogens is 1. The maximum atomic E-state index is 13.0. The Balaban J connectivity index is 1.62. The summed E-state index contributed by atoms with van der Waals surface area (Å²) in [6.07, 6.45) is 6.00. The highest BCUT2D eigenvalue weighted by atomic mass is 35.5. The highest BCUT2D eigenvalue weighted by Crippen LogP contribution is 2.23. The number of hydrogen-bond donors (Lipinski definition) is 1. The van der Waals surface area contributed by atoms with E-state index in [0.29, 0.717) is 29.7 Å². The first-order chi connectivity index (χ1) is 13.0. The van der Waals surface area contributed by atoms with E-state index in [2.05, 4.69) is 22.3 Å². The number of benzene rings is 1. The van der Waals surface area contributed by atoms with Crippen molar-refractivity contribution in [2.24, 2.45) is 5.92 Å². The number of carbonyl (C=O) groups is 2. The standard InChI is InChI=1S/C21H26ClN3O2/c1-15(2)19(23-20(26)16-5-7-17(22)8-6-16)21(27)25-13-9-18(10-14-25)24-11-3-4-12-24/h3-8,11-12,15,18-19H,9-10,13-14H2,1-2H3,(H,23,26). The number of amides is 2. The van der Waals surface area contributed by atoms with Gasteiger partial charge in [0.2, 0.25) is 5.91 Å². The highest BCUT2D eigenvalue weighted by Gasteiger charge is 2.31. The predicted octanol–water partition coefficient (Wildman–Crippen LogP) is 3.76. The second-order valence-corrected chi connectivity index (χ2v) is 7.83. The molecule has 1 atom stereocenters. The van der Waals surface area contributed by atoms with E-state index in [0.717, 1.165) is 12.8 Å². The van der Waals surface area contributed by atoms with Gasteiger partial charge in [-0.1, -0.05) is 25.4 Å². The Morgan fingerprint density at radius 3 is 2.22 bits per heavy atom. The molecule has 0 bridgehead atoms. The topological polar surface area (TPSA) is 54.3 Å². The zero-order chi connectivity index (χ0) is 19.4.